The van der Waals surface area contributed by atoms with E-state index in [4.69, 9.17) is 9.88 Å². The zero-order valence-electron chi connectivity index (χ0n) is 14.3. The first kappa shape index (κ1) is 17.3. The second kappa shape index (κ2) is 6.22. The van der Waals surface area contributed by atoms with Crippen LogP contribution < -0.4 is 15.4 Å². The third kappa shape index (κ3) is 2.96. The van der Waals surface area contributed by atoms with E-state index in [1.165, 1.54) is 12.1 Å². The van der Waals surface area contributed by atoms with E-state index in [-0.39, 0.29) is 10.5 Å². The van der Waals surface area contributed by atoms with Crippen molar-refractivity contribution in [2.75, 3.05) is 7.11 Å². The SMILES string of the molecule is COc1ccc2c3c(=O)[nH]ncc3n(Cc3ccc(S(N)(=O)=O)cc3)c2c1. The topological polar surface area (TPSA) is 120 Å². The molecule has 0 amide bonds. The standard InChI is InChI=1S/C18H16N4O4S/c1-26-12-4-7-14-15(8-12)22(16-9-20-21-18(23)17(14)16)10-11-2-5-13(6-3-11)27(19,24)25/h2-9H,10H2,1H3,(H,21,23)(H2,19,24,25). The van der Waals surface area contributed by atoms with Gasteiger partial charge in [0.15, 0.2) is 0 Å². The van der Waals surface area contributed by atoms with Crippen molar-refractivity contribution in [3.63, 3.8) is 0 Å². The van der Waals surface area contributed by atoms with Gasteiger partial charge in [-0.15, -0.1) is 0 Å². The van der Waals surface area contributed by atoms with Gasteiger partial charge in [0, 0.05) is 18.0 Å². The van der Waals surface area contributed by atoms with Gasteiger partial charge in [-0.05, 0) is 29.8 Å². The molecule has 27 heavy (non-hydrogen) atoms. The molecule has 4 aromatic rings. The minimum Gasteiger partial charge on any atom is -0.497 e. The number of methoxy groups -OCH3 is 1. The number of primary sulfonamides is 1. The Morgan fingerprint density at radius 3 is 2.56 bits per heavy atom. The third-order valence-electron chi connectivity index (χ3n) is 4.48. The van der Waals surface area contributed by atoms with Crippen molar-refractivity contribution in [2.24, 2.45) is 5.14 Å². The predicted molar refractivity (Wildman–Crippen MR) is 101 cm³/mol. The molecule has 0 atom stereocenters. The number of nitrogens with zero attached hydrogens (tertiary/aromatic N) is 2. The van der Waals surface area contributed by atoms with E-state index in [1.807, 2.05) is 16.7 Å². The van der Waals surface area contributed by atoms with Crippen LogP contribution in [0, 0.1) is 0 Å². The minimum atomic E-state index is -3.74. The van der Waals surface area contributed by atoms with Crippen molar-refractivity contribution < 1.29 is 13.2 Å². The molecule has 2 aromatic heterocycles. The number of rotatable bonds is 4. The molecule has 0 aliphatic heterocycles. The lowest BCUT2D eigenvalue weighted by Gasteiger charge is -2.09. The number of hydrogen-bond acceptors (Lipinski definition) is 5. The van der Waals surface area contributed by atoms with Gasteiger partial charge >= 0.3 is 0 Å². The van der Waals surface area contributed by atoms with Crippen molar-refractivity contribution in [1.82, 2.24) is 14.8 Å². The minimum absolute atomic E-state index is 0.0493. The fourth-order valence-electron chi connectivity index (χ4n) is 3.19. The van der Waals surface area contributed by atoms with Gasteiger partial charge in [0.1, 0.15) is 5.75 Å². The van der Waals surface area contributed by atoms with E-state index in [2.05, 4.69) is 10.2 Å². The Balaban J connectivity index is 1.91. The van der Waals surface area contributed by atoms with Crippen LogP contribution in [0.5, 0.6) is 5.75 Å². The summed E-state index contributed by atoms with van der Waals surface area (Å²) in [4.78, 5) is 12.4. The smallest absolute Gasteiger partial charge is 0.274 e. The number of nitrogens with two attached hydrogens (primary N) is 1. The first-order valence-electron chi connectivity index (χ1n) is 8.04. The quantitative estimate of drug-likeness (QED) is 0.553. The molecule has 0 radical (unpaired) electrons. The van der Waals surface area contributed by atoms with Crippen molar-refractivity contribution in [1.29, 1.82) is 0 Å². The molecule has 0 aliphatic rings. The van der Waals surface area contributed by atoms with Gasteiger partial charge in [-0.2, -0.15) is 5.10 Å². The number of aromatic nitrogens is 3. The van der Waals surface area contributed by atoms with Crippen LogP contribution in [0.2, 0.25) is 0 Å². The van der Waals surface area contributed by atoms with Crippen LogP contribution in [0.1, 0.15) is 5.56 Å². The van der Waals surface area contributed by atoms with Crippen LogP contribution in [-0.2, 0) is 16.6 Å². The van der Waals surface area contributed by atoms with E-state index < -0.39 is 10.0 Å². The largest absolute Gasteiger partial charge is 0.497 e. The van der Waals surface area contributed by atoms with Crippen molar-refractivity contribution in [3.05, 3.63) is 64.6 Å². The van der Waals surface area contributed by atoms with E-state index in [1.54, 1.807) is 31.5 Å². The molecule has 0 spiro atoms. The summed E-state index contributed by atoms with van der Waals surface area (Å²) in [7, 11) is -2.17. The van der Waals surface area contributed by atoms with Crippen molar-refractivity contribution in [3.8, 4) is 5.75 Å². The molecule has 0 saturated heterocycles. The summed E-state index contributed by atoms with van der Waals surface area (Å²) in [6.07, 6.45) is 1.60. The Hall–Kier alpha value is -3.17. The highest BCUT2D eigenvalue weighted by molar-refractivity contribution is 7.89. The average molecular weight is 384 g/mol. The Kier molecular flexibility index (Phi) is 3.97. The average Bonchev–Trinajstić information content (AvgIpc) is 2.96. The molecule has 8 nitrogen and oxygen atoms in total. The highest BCUT2D eigenvalue weighted by Gasteiger charge is 2.15. The lowest BCUT2D eigenvalue weighted by atomic mass is 10.2. The molecule has 9 heteroatoms. The summed E-state index contributed by atoms with van der Waals surface area (Å²) in [5, 5.41) is 12.9. The first-order valence-corrected chi connectivity index (χ1v) is 9.58. The lowest BCUT2D eigenvalue weighted by Crippen LogP contribution is -2.12. The van der Waals surface area contributed by atoms with E-state index in [9.17, 15) is 13.2 Å². The number of benzene rings is 2. The van der Waals surface area contributed by atoms with Gasteiger partial charge in [0.2, 0.25) is 10.0 Å². The first-order chi connectivity index (χ1) is 12.9. The maximum absolute atomic E-state index is 12.3. The maximum Gasteiger partial charge on any atom is 0.274 e. The predicted octanol–water partition coefficient (Wildman–Crippen LogP) is 1.58. The van der Waals surface area contributed by atoms with Crippen molar-refractivity contribution in [2.45, 2.75) is 11.4 Å². The molecule has 4 rings (SSSR count). The second-order valence-electron chi connectivity index (χ2n) is 6.12. The monoisotopic (exact) mass is 384 g/mol. The highest BCUT2D eigenvalue weighted by atomic mass is 32.2. The van der Waals surface area contributed by atoms with Gasteiger partial charge in [-0.3, -0.25) is 4.79 Å². The van der Waals surface area contributed by atoms with Crippen LogP contribution in [0.3, 0.4) is 0 Å². The number of H-pyrrole nitrogens is 1. The molecule has 0 unspecified atom stereocenters. The lowest BCUT2D eigenvalue weighted by molar-refractivity contribution is 0.415. The molecule has 0 fully saturated rings. The number of ether oxygens (including phenoxy) is 1. The zero-order chi connectivity index (χ0) is 19.2. The highest BCUT2D eigenvalue weighted by Crippen LogP contribution is 2.30. The maximum atomic E-state index is 12.3. The van der Waals surface area contributed by atoms with Crippen LogP contribution in [0.25, 0.3) is 21.8 Å². The fourth-order valence-corrected chi connectivity index (χ4v) is 3.71. The molecular weight excluding hydrogens is 368 g/mol. The van der Waals surface area contributed by atoms with Gasteiger partial charge < -0.3 is 9.30 Å². The van der Waals surface area contributed by atoms with E-state index in [0.717, 1.165) is 16.5 Å². The normalized spacial score (nSPS) is 11.9. The molecule has 2 heterocycles. The molecule has 138 valence electrons. The van der Waals surface area contributed by atoms with Gasteiger partial charge in [-0.25, -0.2) is 18.7 Å². The summed E-state index contributed by atoms with van der Waals surface area (Å²) >= 11 is 0. The van der Waals surface area contributed by atoms with Crippen LogP contribution in [-0.4, -0.2) is 30.3 Å². The Morgan fingerprint density at radius 2 is 1.89 bits per heavy atom. The van der Waals surface area contributed by atoms with Crippen LogP contribution in [0.15, 0.2) is 58.4 Å². The molecule has 0 bridgehead atoms. The Morgan fingerprint density at radius 1 is 1.15 bits per heavy atom. The number of nitrogens with one attached hydrogen (secondary N) is 1. The summed E-state index contributed by atoms with van der Waals surface area (Å²) in [5.74, 6) is 0.667. The Labute approximate surface area is 154 Å². The van der Waals surface area contributed by atoms with Gasteiger partial charge in [0.25, 0.3) is 5.56 Å². The fraction of sp³-hybridized carbons (Fsp3) is 0.111. The van der Waals surface area contributed by atoms with E-state index in [0.29, 0.717) is 23.2 Å². The molecule has 3 N–H and O–H groups in total. The van der Waals surface area contributed by atoms with Crippen LogP contribution >= 0.6 is 0 Å². The summed E-state index contributed by atoms with van der Waals surface area (Å²) < 4.78 is 30.1. The van der Waals surface area contributed by atoms with Crippen molar-refractivity contribution >= 4 is 31.8 Å². The number of hydrogen-bond donors (Lipinski definition) is 2. The van der Waals surface area contributed by atoms with Crippen LogP contribution in [0.4, 0.5) is 0 Å². The third-order valence-corrected chi connectivity index (χ3v) is 5.41. The van der Waals surface area contributed by atoms with Gasteiger partial charge in [-0.1, -0.05) is 12.1 Å². The summed E-state index contributed by atoms with van der Waals surface area (Å²) in [6, 6.07) is 11.8. The number of aromatic amines is 1. The van der Waals surface area contributed by atoms with E-state index >= 15 is 0 Å². The summed E-state index contributed by atoms with van der Waals surface area (Å²) in [5.41, 5.74) is 2.08. The molecule has 2 aromatic carbocycles. The zero-order valence-corrected chi connectivity index (χ0v) is 15.2. The molecule has 0 saturated carbocycles. The number of fused-ring (bicyclic) bond motifs is 3. The Bertz CT molecular complexity index is 1320. The number of sulfonamides is 1. The molecular formula is C18H16N4O4S. The second-order valence-corrected chi connectivity index (χ2v) is 7.68. The van der Waals surface area contributed by atoms with Gasteiger partial charge in [0.05, 0.1) is 34.6 Å². The molecule has 0 aliphatic carbocycles. The summed E-state index contributed by atoms with van der Waals surface area (Å²) in [6.45, 7) is 0.420.